The molecule has 2 heterocycles. The van der Waals surface area contributed by atoms with Crippen LogP contribution in [0.5, 0.6) is 0 Å². The zero-order chi connectivity index (χ0) is 19.4. The minimum Gasteiger partial charge on any atom is -0.330 e. The van der Waals surface area contributed by atoms with Gasteiger partial charge in [0.25, 0.3) is 5.91 Å². The second-order valence-corrected chi connectivity index (χ2v) is 7.26. The standard InChI is InChI=1S/C20H28N4O3/c1-2-10-23(11-4-9-21)12-14-5-3-6-15-16(14)13-24(20(15)27)17-7-8-18(25)22-19(17)26/h3,5-6,17H,2,4,7-13,21H2,1H3,(H,22,25,26). The predicted octanol–water partition coefficient (Wildman–Crippen LogP) is 1.01. The fourth-order valence-corrected chi connectivity index (χ4v) is 3.94. The van der Waals surface area contributed by atoms with Gasteiger partial charge in [0, 0.05) is 25.1 Å². The van der Waals surface area contributed by atoms with Crippen LogP contribution in [0.3, 0.4) is 0 Å². The summed E-state index contributed by atoms with van der Waals surface area (Å²) in [5, 5.41) is 2.35. The number of carbonyl (C=O) groups is 3. The monoisotopic (exact) mass is 372 g/mol. The predicted molar refractivity (Wildman–Crippen MR) is 102 cm³/mol. The molecule has 0 radical (unpaired) electrons. The second kappa shape index (κ2) is 8.63. The molecule has 1 fully saturated rings. The molecule has 1 aromatic carbocycles. The van der Waals surface area contributed by atoms with Crippen molar-refractivity contribution in [3.05, 3.63) is 34.9 Å². The van der Waals surface area contributed by atoms with Crippen molar-refractivity contribution in [1.29, 1.82) is 0 Å². The normalized spacial score (nSPS) is 19.6. The summed E-state index contributed by atoms with van der Waals surface area (Å²) in [6.07, 6.45) is 2.65. The number of rotatable bonds is 8. The van der Waals surface area contributed by atoms with E-state index in [0.29, 0.717) is 25.1 Å². The number of amides is 3. The average Bonchev–Trinajstić information content (AvgIpc) is 2.98. The Bertz CT molecular complexity index is 734. The highest BCUT2D eigenvalue weighted by Gasteiger charge is 2.39. The van der Waals surface area contributed by atoms with Crippen molar-refractivity contribution in [1.82, 2.24) is 15.1 Å². The first-order valence-corrected chi connectivity index (χ1v) is 9.73. The van der Waals surface area contributed by atoms with Crippen LogP contribution in [0.1, 0.15) is 54.1 Å². The van der Waals surface area contributed by atoms with Gasteiger partial charge in [-0.15, -0.1) is 0 Å². The molecule has 2 aliphatic heterocycles. The highest BCUT2D eigenvalue weighted by atomic mass is 16.2. The molecule has 1 aromatic rings. The van der Waals surface area contributed by atoms with E-state index in [1.54, 1.807) is 4.90 Å². The van der Waals surface area contributed by atoms with Crippen LogP contribution >= 0.6 is 0 Å². The van der Waals surface area contributed by atoms with Gasteiger partial charge in [0.2, 0.25) is 11.8 Å². The molecule has 0 bridgehead atoms. The van der Waals surface area contributed by atoms with Crippen LogP contribution in [0.2, 0.25) is 0 Å². The molecule has 3 rings (SSSR count). The molecule has 0 aromatic heterocycles. The maximum absolute atomic E-state index is 12.9. The lowest BCUT2D eigenvalue weighted by Gasteiger charge is -2.29. The molecule has 7 heteroatoms. The molecule has 0 aliphatic carbocycles. The van der Waals surface area contributed by atoms with Gasteiger partial charge in [-0.3, -0.25) is 24.6 Å². The van der Waals surface area contributed by atoms with Gasteiger partial charge in [-0.05, 0) is 56.1 Å². The summed E-state index contributed by atoms with van der Waals surface area (Å²) >= 11 is 0. The first kappa shape index (κ1) is 19.5. The molecule has 3 amide bonds. The molecule has 0 saturated carbocycles. The summed E-state index contributed by atoms with van der Waals surface area (Å²) in [4.78, 5) is 40.5. The Morgan fingerprint density at radius 2 is 2.07 bits per heavy atom. The van der Waals surface area contributed by atoms with Gasteiger partial charge in [0.15, 0.2) is 0 Å². The van der Waals surface area contributed by atoms with E-state index in [4.69, 9.17) is 5.73 Å². The number of carbonyl (C=O) groups excluding carboxylic acids is 3. The van der Waals surface area contributed by atoms with E-state index >= 15 is 0 Å². The van der Waals surface area contributed by atoms with E-state index in [0.717, 1.165) is 43.6 Å². The number of hydrogen-bond donors (Lipinski definition) is 2. The van der Waals surface area contributed by atoms with Gasteiger partial charge in [0.1, 0.15) is 6.04 Å². The van der Waals surface area contributed by atoms with Gasteiger partial charge in [-0.25, -0.2) is 0 Å². The van der Waals surface area contributed by atoms with Crippen LogP contribution in [-0.2, 0) is 22.7 Å². The van der Waals surface area contributed by atoms with Crippen molar-refractivity contribution in [2.24, 2.45) is 5.73 Å². The summed E-state index contributed by atoms with van der Waals surface area (Å²) < 4.78 is 0. The molecule has 0 spiro atoms. The highest BCUT2D eigenvalue weighted by Crippen LogP contribution is 2.30. The maximum Gasteiger partial charge on any atom is 0.255 e. The zero-order valence-electron chi connectivity index (χ0n) is 15.9. The lowest BCUT2D eigenvalue weighted by Crippen LogP contribution is -2.52. The van der Waals surface area contributed by atoms with Crippen LogP contribution in [0.25, 0.3) is 0 Å². The summed E-state index contributed by atoms with van der Waals surface area (Å²) in [7, 11) is 0. The molecule has 2 aliphatic rings. The highest BCUT2D eigenvalue weighted by molar-refractivity contribution is 6.05. The van der Waals surface area contributed by atoms with E-state index in [2.05, 4.69) is 23.2 Å². The Balaban J connectivity index is 1.79. The van der Waals surface area contributed by atoms with E-state index in [1.807, 2.05) is 12.1 Å². The molecule has 27 heavy (non-hydrogen) atoms. The fourth-order valence-electron chi connectivity index (χ4n) is 3.94. The zero-order valence-corrected chi connectivity index (χ0v) is 15.9. The SMILES string of the molecule is CCCN(CCCN)Cc1cccc2c1CN(C1CCC(=O)NC1=O)C2=O. The number of nitrogens with one attached hydrogen (secondary N) is 1. The number of piperidine rings is 1. The maximum atomic E-state index is 12.9. The second-order valence-electron chi connectivity index (χ2n) is 7.26. The minimum absolute atomic E-state index is 0.120. The smallest absolute Gasteiger partial charge is 0.255 e. The fraction of sp³-hybridized carbons (Fsp3) is 0.550. The van der Waals surface area contributed by atoms with Crippen molar-refractivity contribution in [3.63, 3.8) is 0 Å². The summed E-state index contributed by atoms with van der Waals surface area (Å²) in [5.74, 6) is -0.758. The Morgan fingerprint density at radius 1 is 1.26 bits per heavy atom. The molecular formula is C20H28N4O3. The summed E-state index contributed by atoms with van der Waals surface area (Å²) in [5.41, 5.74) is 8.46. The quantitative estimate of drug-likeness (QED) is 0.664. The van der Waals surface area contributed by atoms with Crippen molar-refractivity contribution in [3.8, 4) is 0 Å². The van der Waals surface area contributed by atoms with Crippen LogP contribution in [0.4, 0.5) is 0 Å². The largest absolute Gasteiger partial charge is 0.330 e. The minimum atomic E-state index is -0.570. The average molecular weight is 372 g/mol. The van der Waals surface area contributed by atoms with Crippen molar-refractivity contribution >= 4 is 17.7 Å². The number of imide groups is 1. The number of hydrogen-bond acceptors (Lipinski definition) is 5. The van der Waals surface area contributed by atoms with Gasteiger partial charge in [-0.2, -0.15) is 0 Å². The lowest BCUT2D eigenvalue weighted by molar-refractivity contribution is -0.136. The van der Waals surface area contributed by atoms with Crippen LogP contribution < -0.4 is 11.1 Å². The first-order chi connectivity index (χ1) is 13.0. The third-order valence-corrected chi connectivity index (χ3v) is 5.29. The first-order valence-electron chi connectivity index (χ1n) is 9.73. The molecule has 146 valence electrons. The van der Waals surface area contributed by atoms with Crippen LogP contribution in [0.15, 0.2) is 18.2 Å². The number of nitrogens with zero attached hydrogens (tertiary/aromatic N) is 2. The van der Waals surface area contributed by atoms with Crippen LogP contribution in [0, 0.1) is 0 Å². The Labute approximate surface area is 159 Å². The Kier molecular flexibility index (Phi) is 6.23. The van der Waals surface area contributed by atoms with E-state index in [9.17, 15) is 14.4 Å². The Morgan fingerprint density at radius 3 is 2.78 bits per heavy atom. The topological polar surface area (TPSA) is 95.7 Å². The van der Waals surface area contributed by atoms with Gasteiger partial charge < -0.3 is 10.6 Å². The van der Waals surface area contributed by atoms with Crippen molar-refractivity contribution < 1.29 is 14.4 Å². The third kappa shape index (κ3) is 4.20. The van der Waals surface area contributed by atoms with Crippen LogP contribution in [-0.4, -0.2) is 53.2 Å². The number of nitrogens with two attached hydrogens (primary N) is 1. The molecule has 7 nitrogen and oxygen atoms in total. The molecule has 3 N–H and O–H groups in total. The van der Waals surface area contributed by atoms with E-state index in [1.165, 1.54) is 0 Å². The molecule has 1 atom stereocenters. The third-order valence-electron chi connectivity index (χ3n) is 5.29. The van der Waals surface area contributed by atoms with E-state index in [-0.39, 0.29) is 24.1 Å². The number of fused-ring (bicyclic) bond motifs is 1. The van der Waals surface area contributed by atoms with Crippen molar-refractivity contribution in [2.75, 3.05) is 19.6 Å². The van der Waals surface area contributed by atoms with E-state index < -0.39 is 6.04 Å². The summed E-state index contributed by atoms with van der Waals surface area (Å²) in [6, 6.07) is 5.23. The van der Waals surface area contributed by atoms with Gasteiger partial charge in [-0.1, -0.05) is 19.1 Å². The number of benzene rings is 1. The van der Waals surface area contributed by atoms with Crippen molar-refractivity contribution in [2.45, 2.75) is 51.7 Å². The van der Waals surface area contributed by atoms with Gasteiger partial charge >= 0.3 is 0 Å². The van der Waals surface area contributed by atoms with Gasteiger partial charge in [0.05, 0.1) is 0 Å². The molecular weight excluding hydrogens is 344 g/mol. The lowest BCUT2D eigenvalue weighted by atomic mass is 10.0. The Hall–Kier alpha value is -2.25. The summed E-state index contributed by atoms with van der Waals surface area (Å²) in [6.45, 7) is 5.92. The molecule has 1 unspecified atom stereocenters. The molecule has 1 saturated heterocycles.